The van der Waals surface area contributed by atoms with Gasteiger partial charge in [-0.05, 0) is 38.4 Å². The number of carbonyl (C=O) groups excluding carboxylic acids is 1. The summed E-state index contributed by atoms with van der Waals surface area (Å²) in [5.41, 5.74) is 3.21. The summed E-state index contributed by atoms with van der Waals surface area (Å²) in [7, 11) is 0. The maximum absolute atomic E-state index is 12.3. The first-order valence-corrected chi connectivity index (χ1v) is 5.91. The molecule has 1 fully saturated rings. The Balaban J connectivity index is 2.26. The highest BCUT2D eigenvalue weighted by molar-refractivity contribution is 5.98. The van der Waals surface area contributed by atoms with E-state index in [0.717, 1.165) is 18.7 Å². The largest absolute Gasteiger partial charge is 0.316 e. The third-order valence-corrected chi connectivity index (χ3v) is 3.36. The highest BCUT2D eigenvalue weighted by atomic mass is 16.1. The van der Waals surface area contributed by atoms with Crippen LogP contribution in [0.25, 0.3) is 0 Å². The van der Waals surface area contributed by atoms with Crippen LogP contribution < -0.4 is 5.32 Å². The van der Waals surface area contributed by atoms with Gasteiger partial charge in [-0.25, -0.2) is 0 Å². The number of aryl methyl sites for hydroxylation is 2. The van der Waals surface area contributed by atoms with Crippen molar-refractivity contribution in [2.24, 2.45) is 11.8 Å². The summed E-state index contributed by atoms with van der Waals surface area (Å²) in [5.74, 6) is 0.902. The molecular formula is C14H19NO. The minimum Gasteiger partial charge on any atom is -0.316 e. The van der Waals surface area contributed by atoms with Crippen molar-refractivity contribution < 1.29 is 4.79 Å². The zero-order valence-corrected chi connectivity index (χ0v) is 10.2. The summed E-state index contributed by atoms with van der Waals surface area (Å²) in [6, 6.07) is 6.11. The van der Waals surface area contributed by atoms with E-state index in [-0.39, 0.29) is 5.92 Å². The van der Waals surface area contributed by atoms with Gasteiger partial charge < -0.3 is 5.32 Å². The van der Waals surface area contributed by atoms with Crippen LogP contribution in [0.5, 0.6) is 0 Å². The summed E-state index contributed by atoms with van der Waals surface area (Å²) in [5, 5.41) is 3.28. The molecular weight excluding hydrogens is 198 g/mol. The molecule has 1 heterocycles. The second kappa shape index (κ2) is 4.38. The van der Waals surface area contributed by atoms with Gasteiger partial charge in [-0.2, -0.15) is 0 Å². The molecule has 0 radical (unpaired) electrons. The van der Waals surface area contributed by atoms with Crippen molar-refractivity contribution in [3.8, 4) is 0 Å². The van der Waals surface area contributed by atoms with Gasteiger partial charge in [0.2, 0.25) is 0 Å². The molecule has 0 saturated carbocycles. The molecule has 2 rings (SSSR count). The van der Waals surface area contributed by atoms with Gasteiger partial charge in [0.25, 0.3) is 0 Å². The number of carbonyl (C=O) groups is 1. The molecule has 1 aliphatic rings. The fourth-order valence-electron chi connectivity index (χ4n) is 2.49. The normalized spacial score (nSPS) is 24.7. The van der Waals surface area contributed by atoms with E-state index >= 15 is 0 Å². The zero-order valence-electron chi connectivity index (χ0n) is 10.2. The summed E-state index contributed by atoms with van der Waals surface area (Å²) in [4.78, 5) is 12.3. The molecule has 0 amide bonds. The van der Waals surface area contributed by atoms with Crippen molar-refractivity contribution in [1.29, 1.82) is 0 Å². The van der Waals surface area contributed by atoms with Gasteiger partial charge in [0, 0.05) is 18.0 Å². The van der Waals surface area contributed by atoms with Gasteiger partial charge in [0.1, 0.15) is 0 Å². The molecule has 2 atom stereocenters. The van der Waals surface area contributed by atoms with Crippen LogP contribution in [-0.4, -0.2) is 18.9 Å². The molecule has 0 bridgehead atoms. The van der Waals surface area contributed by atoms with Gasteiger partial charge in [-0.3, -0.25) is 4.79 Å². The fraction of sp³-hybridized carbons (Fsp3) is 0.500. The molecule has 2 heteroatoms. The average Bonchev–Trinajstić information content (AvgIpc) is 2.62. The quantitative estimate of drug-likeness (QED) is 0.770. The van der Waals surface area contributed by atoms with Gasteiger partial charge in [0.05, 0.1) is 0 Å². The van der Waals surface area contributed by atoms with Crippen molar-refractivity contribution in [3.05, 3.63) is 34.9 Å². The second-order valence-corrected chi connectivity index (χ2v) is 4.98. The topological polar surface area (TPSA) is 29.1 Å². The third kappa shape index (κ3) is 2.17. The van der Waals surface area contributed by atoms with Crippen LogP contribution in [0.3, 0.4) is 0 Å². The number of hydrogen-bond donors (Lipinski definition) is 1. The zero-order chi connectivity index (χ0) is 11.7. The van der Waals surface area contributed by atoms with Crippen LogP contribution in [-0.2, 0) is 0 Å². The standard InChI is InChI=1S/C14H19NO/c1-9-4-10(2)6-12(5-9)14(16)13-8-15-7-11(13)3/h4-6,11,13,15H,7-8H2,1-3H3. The molecule has 1 aromatic rings. The van der Waals surface area contributed by atoms with Gasteiger partial charge in [0.15, 0.2) is 5.78 Å². The number of rotatable bonds is 2. The van der Waals surface area contributed by atoms with E-state index in [1.165, 1.54) is 11.1 Å². The van der Waals surface area contributed by atoms with E-state index in [4.69, 9.17) is 0 Å². The Morgan fingerprint density at radius 3 is 2.31 bits per heavy atom. The minimum absolute atomic E-state index is 0.154. The second-order valence-electron chi connectivity index (χ2n) is 4.98. The summed E-state index contributed by atoms with van der Waals surface area (Å²) in [6.07, 6.45) is 0. The lowest BCUT2D eigenvalue weighted by Gasteiger charge is -2.13. The number of hydrogen-bond acceptors (Lipinski definition) is 2. The van der Waals surface area contributed by atoms with Crippen LogP contribution in [0.4, 0.5) is 0 Å². The lowest BCUT2D eigenvalue weighted by atomic mass is 9.88. The van der Waals surface area contributed by atoms with Crippen LogP contribution in [0.2, 0.25) is 0 Å². The number of ketones is 1. The molecule has 2 nitrogen and oxygen atoms in total. The van der Waals surface area contributed by atoms with E-state index < -0.39 is 0 Å². The van der Waals surface area contributed by atoms with Crippen LogP contribution >= 0.6 is 0 Å². The Hall–Kier alpha value is -1.15. The molecule has 86 valence electrons. The maximum atomic E-state index is 12.3. The molecule has 1 N–H and O–H groups in total. The average molecular weight is 217 g/mol. The molecule has 0 aromatic heterocycles. The fourth-order valence-corrected chi connectivity index (χ4v) is 2.49. The lowest BCUT2D eigenvalue weighted by molar-refractivity contribution is 0.0907. The number of nitrogens with one attached hydrogen (secondary N) is 1. The number of benzene rings is 1. The molecule has 0 spiro atoms. The molecule has 0 aliphatic carbocycles. The molecule has 16 heavy (non-hydrogen) atoms. The van der Waals surface area contributed by atoms with Crippen LogP contribution in [0.1, 0.15) is 28.4 Å². The van der Waals surface area contributed by atoms with Crippen molar-refractivity contribution in [3.63, 3.8) is 0 Å². The van der Waals surface area contributed by atoms with E-state index in [1.54, 1.807) is 0 Å². The number of Topliss-reactive ketones (excluding diaryl/α,β-unsaturated/α-hetero) is 1. The predicted octanol–water partition coefficient (Wildman–Crippen LogP) is 2.34. The minimum atomic E-state index is 0.154. The van der Waals surface area contributed by atoms with Gasteiger partial charge in [-0.15, -0.1) is 0 Å². The summed E-state index contributed by atoms with van der Waals surface area (Å²) in [6.45, 7) is 8.01. The molecule has 1 aromatic carbocycles. The van der Waals surface area contributed by atoms with Crippen LogP contribution in [0.15, 0.2) is 18.2 Å². The predicted molar refractivity (Wildman–Crippen MR) is 65.8 cm³/mol. The first kappa shape index (κ1) is 11.3. The smallest absolute Gasteiger partial charge is 0.167 e. The Labute approximate surface area is 97.1 Å². The van der Waals surface area contributed by atoms with Crippen LogP contribution in [0, 0.1) is 25.7 Å². The Bertz CT molecular complexity index is 391. The van der Waals surface area contributed by atoms with Crippen molar-refractivity contribution in [2.75, 3.05) is 13.1 Å². The molecule has 1 saturated heterocycles. The molecule has 1 aliphatic heterocycles. The van der Waals surface area contributed by atoms with Gasteiger partial charge in [-0.1, -0.05) is 24.1 Å². The summed E-state index contributed by atoms with van der Waals surface area (Å²) < 4.78 is 0. The molecule has 2 unspecified atom stereocenters. The van der Waals surface area contributed by atoms with Crippen molar-refractivity contribution in [2.45, 2.75) is 20.8 Å². The first-order valence-electron chi connectivity index (χ1n) is 5.91. The van der Waals surface area contributed by atoms with Gasteiger partial charge >= 0.3 is 0 Å². The van der Waals surface area contributed by atoms with E-state index in [9.17, 15) is 4.79 Å². The third-order valence-electron chi connectivity index (χ3n) is 3.36. The van der Waals surface area contributed by atoms with E-state index in [0.29, 0.717) is 11.7 Å². The Morgan fingerprint density at radius 2 is 1.81 bits per heavy atom. The van der Waals surface area contributed by atoms with Crippen molar-refractivity contribution in [1.82, 2.24) is 5.32 Å². The van der Waals surface area contributed by atoms with E-state index in [2.05, 4.69) is 18.3 Å². The SMILES string of the molecule is Cc1cc(C)cc(C(=O)C2CNCC2C)c1. The highest BCUT2D eigenvalue weighted by Crippen LogP contribution is 2.22. The highest BCUT2D eigenvalue weighted by Gasteiger charge is 2.30. The van der Waals surface area contributed by atoms with Crippen molar-refractivity contribution >= 4 is 5.78 Å². The monoisotopic (exact) mass is 217 g/mol. The Kier molecular flexibility index (Phi) is 3.10. The Morgan fingerprint density at radius 1 is 1.19 bits per heavy atom. The summed E-state index contributed by atoms with van der Waals surface area (Å²) >= 11 is 0. The first-order chi connectivity index (χ1) is 7.58. The maximum Gasteiger partial charge on any atom is 0.167 e. The lowest BCUT2D eigenvalue weighted by Crippen LogP contribution is -2.21. The van der Waals surface area contributed by atoms with E-state index in [1.807, 2.05) is 26.0 Å².